The predicted octanol–water partition coefficient (Wildman–Crippen LogP) is 7.92. The number of aryl methyl sites for hydroxylation is 2. The van der Waals surface area contributed by atoms with Gasteiger partial charge in [0.05, 0.1) is 11.1 Å². The molecule has 0 fully saturated rings. The highest BCUT2D eigenvalue weighted by Crippen LogP contribution is 2.28. The van der Waals surface area contributed by atoms with E-state index in [9.17, 15) is 19.7 Å². The van der Waals surface area contributed by atoms with Gasteiger partial charge in [-0.2, -0.15) is 10.5 Å². The van der Waals surface area contributed by atoms with E-state index in [1.165, 1.54) is 49.4 Å². The Morgan fingerprint density at radius 3 is 2.14 bits per heavy atom. The molecule has 0 aromatic heterocycles. The van der Waals surface area contributed by atoms with Crippen LogP contribution in [0, 0.1) is 28.5 Å². The Hall–Kier alpha value is -3.96. The first-order valence-corrected chi connectivity index (χ1v) is 12.6. The van der Waals surface area contributed by atoms with Gasteiger partial charge in [-0.1, -0.05) is 82.3 Å². The molecule has 5 heteroatoms. The van der Waals surface area contributed by atoms with E-state index in [-0.39, 0.29) is 22.4 Å². The number of benzene rings is 3. The molecular weight excluding hydrogens is 451 g/mol. The Labute approximate surface area is 213 Å². The number of carbonyl (C=O) groups is 1. The molecule has 0 atom stereocenters. The first-order chi connectivity index (χ1) is 17.5. The van der Waals surface area contributed by atoms with Crippen LogP contribution < -0.4 is 4.74 Å². The molecule has 0 unspecified atom stereocenters. The lowest BCUT2D eigenvalue weighted by Gasteiger charge is -2.11. The van der Waals surface area contributed by atoms with E-state index in [1.807, 2.05) is 31.2 Å². The van der Waals surface area contributed by atoms with Crippen LogP contribution in [0.3, 0.4) is 0 Å². The van der Waals surface area contributed by atoms with E-state index < -0.39 is 11.8 Å². The highest BCUT2D eigenvalue weighted by atomic mass is 19.1. The van der Waals surface area contributed by atoms with Crippen LogP contribution >= 0.6 is 0 Å². The second kappa shape index (κ2) is 13.2. The molecule has 0 amide bonds. The van der Waals surface area contributed by atoms with Crippen molar-refractivity contribution in [1.82, 2.24) is 0 Å². The molecule has 184 valence electrons. The van der Waals surface area contributed by atoms with Gasteiger partial charge in [-0.15, -0.1) is 0 Å². The van der Waals surface area contributed by atoms with E-state index >= 15 is 0 Å². The van der Waals surface area contributed by atoms with Gasteiger partial charge in [0.1, 0.15) is 29.3 Å². The summed E-state index contributed by atoms with van der Waals surface area (Å²) >= 11 is 0. The fourth-order valence-electron chi connectivity index (χ4n) is 4.24. The first kappa shape index (κ1) is 26.6. The molecular formula is C31H31FN2O2. The van der Waals surface area contributed by atoms with E-state index in [0.29, 0.717) is 12.0 Å². The molecule has 0 saturated heterocycles. The summed E-state index contributed by atoms with van der Waals surface area (Å²) in [6, 6.07) is 19.6. The number of unbranched alkanes of at least 4 members (excludes halogenated alkanes) is 4. The summed E-state index contributed by atoms with van der Waals surface area (Å²) < 4.78 is 20.3. The smallest absolute Gasteiger partial charge is 0.346 e. The number of nitrogens with zero attached hydrogens (tertiary/aromatic N) is 2. The molecule has 0 bridgehead atoms. The van der Waals surface area contributed by atoms with Gasteiger partial charge in [-0.25, -0.2) is 9.18 Å². The van der Waals surface area contributed by atoms with E-state index in [0.717, 1.165) is 30.4 Å². The minimum Gasteiger partial charge on any atom is -0.421 e. The van der Waals surface area contributed by atoms with Crippen molar-refractivity contribution in [3.63, 3.8) is 0 Å². The second-order valence-corrected chi connectivity index (χ2v) is 8.89. The third-order valence-electron chi connectivity index (χ3n) is 6.24. The zero-order valence-electron chi connectivity index (χ0n) is 20.9. The summed E-state index contributed by atoms with van der Waals surface area (Å²) in [4.78, 5) is 12.7. The van der Waals surface area contributed by atoms with Gasteiger partial charge in [0.2, 0.25) is 0 Å². The van der Waals surface area contributed by atoms with Gasteiger partial charge in [-0.3, -0.25) is 0 Å². The molecule has 0 heterocycles. The topological polar surface area (TPSA) is 73.9 Å². The summed E-state index contributed by atoms with van der Waals surface area (Å²) in [5.41, 5.74) is 3.43. The third-order valence-corrected chi connectivity index (χ3v) is 6.24. The number of nitriles is 2. The largest absolute Gasteiger partial charge is 0.421 e. The SMILES string of the molecule is CCCCCCCc1ccc(-c2ccc(C(=O)Oc3ccc(CCC)c(C#N)c3C#N)c(F)c2)cc1. The van der Waals surface area contributed by atoms with Gasteiger partial charge in [0.25, 0.3) is 0 Å². The van der Waals surface area contributed by atoms with Crippen LogP contribution in [0.4, 0.5) is 4.39 Å². The molecule has 4 nitrogen and oxygen atoms in total. The number of carbonyl (C=O) groups excluding carboxylic acids is 1. The quantitative estimate of drug-likeness (QED) is 0.158. The lowest BCUT2D eigenvalue weighted by atomic mass is 9.98. The molecule has 0 N–H and O–H groups in total. The van der Waals surface area contributed by atoms with Crippen molar-refractivity contribution in [2.75, 3.05) is 0 Å². The van der Waals surface area contributed by atoms with Crippen molar-refractivity contribution in [3.8, 4) is 29.0 Å². The van der Waals surface area contributed by atoms with Gasteiger partial charge >= 0.3 is 5.97 Å². The molecule has 0 aliphatic rings. The standard InChI is InChI=1S/C31H31FN2O2/c1-3-5-6-7-8-10-22-11-13-23(14-12-22)25-15-17-26(29(32)19-25)31(35)36-30-18-16-24(9-4-2)27(20-33)28(30)21-34/h11-19H,3-10H2,1-2H3. The fourth-order valence-corrected chi connectivity index (χ4v) is 4.24. The molecule has 0 aliphatic carbocycles. The Morgan fingerprint density at radius 1 is 0.806 bits per heavy atom. The summed E-state index contributed by atoms with van der Waals surface area (Å²) in [6.45, 7) is 4.18. The lowest BCUT2D eigenvalue weighted by molar-refractivity contribution is 0.0729. The van der Waals surface area contributed by atoms with Crippen molar-refractivity contribution in [3.05, 3.63) is 88.2 Å². The van der Waals surface area contributed by atoms with Gasteiger partial charge in [0.15, 0.2) is 0 Å². The first-order valence-electron chi connectivity index (χ1n) is 12.6. The third kappa shape index (κ3) is 6.58. The van der Waals surface area contributed by atoms with Crippen molar-refractivity contribution >= 4 is 5.97 Å². The van der Waals surface area contributed by atoms with Crippen LogP contribution in [0.2, 0.25) is 0 Å². The maximum Gasteiger partial charge on any atom is 0.346 e. The molecule has 0 saturated carbocycles. The number of hydrogen-bond donors (Lipinski definition) is 0. The van der Waals surface area contributed by atoms with Gasteiger partial charge < -0.3 is 4.74 Å². The molecule has 3 aromatic rings. The van der Waals surface area contributed by atoms with E-state index in [1.54, 1.807) is 12.1 Å². The molecule has 0 spiro atoms. The van der Waals surface area contributed by atoms with E-state index in [2.05, 4.69) is 19.1 Å². The zero-order valence-corrected chi connectivity index (χ0v) is 20.9. The monoisotopic (exact) mass is 482 g/mol. The number of ether oxygens (including phenoxy) is 1. The number of halogens is 1. The van der Waals surface area contributed by atoms with Gasteiger partial charge in [-0.05, 0) is 59.7 Å². The molecule has 0 radical (unpaired) electrons. The Balaban J connectivity index is 1.73. The summed E-state index contributed by atoms with van der Waals surface area (Å²) in [5.74, 6) is -1.67. The van der Waals surface area contributed by atoms with Crippen molar-refractivity contribution in [2.24, 2.45) is 0 Å². The molecule has 3 aromatic carbocycles. The fraction of sp³-hybridized carbons (Fsp3) is 0.323. The zero-order chi connectivity index (χ0) is 25.9. The second-order valence-electron chi connectivity index (χ2n) is 8.89. The summed E-state index contributed by atoms with van der Waals surface area (Å²) in [5, 5.41) is 19.1. The average Bonchev–Trinajstić information content (AvgIpc) is 2.89. The number of esters is 1. The van der Waals surface area contributed by atoms with Crippen LogP contribution in [-0.4, -0.2) is 5.97 Å². The number of rotatable bonds is 11. The van der Waals surface area contributed by atoms with Crippen LogP contribution in [0.5, 0.6) is 5.75 Å². The molecule has 36 heavy (non-hydrogen) atoms. The summed E-state index contributed by atoms with van der Waals surface area (Å²) in [6.07, 6.45) is 8.63. The summed E-state index contributed by atoms with van der Waals surface area (Å²) in [7, 11) is 0. The minimum atomic E-state index is -0.916. The number of hydrogen-bond acceptors (Lipinski definition) is 4. The van der Waals surface area contributed by atoms with Gasteiger partial charge in [0, 0.05) is 0 Å². The normalized spacial score (nSPS) is 10.5. The highest BCUT2D eigenvalue weighted by Gasteiger charge is 2.20. The maximum atomic E-state index is 14.9. The van der Waals surface area contributed by atoms with Crippen molar-refractivity contribution < 1.29 is 13.9 Å². The van der Waals surface area contributed by atoms with E-state index in [4.69, 9.17) is 4.74 Å². The Kier molecular flexibility index (Phi) is 9.78. The Bertz CT molecular complexity index is 1280. The van der Waals surface area contributed by atoms with Crippen molar-refractivity contribution in [1.29, 1.82) is 10.5 Å². The lowest BCUT2D eigenvalue weighted by Crippen LogP contribution is -2.12. The Morgan fingerprint density at radius 2 is 1.50 bits per heavy atom. The van der Waals surface area contributed by atoms with Crippen LogP contribution in [-0.2, 0) is 12.8 Å². The highest BCUT2D eigenvalue weighted by molar-refractivity contribution is 5.92. The average molecular weight is 483 g/mol. The van der Waals surface area contributed by atoms with Crippen LogP contribution in [0.25, 0.3) is 11.1 Å². The van der Waals surface area contributed by atoms with Crippen LogP contribution in [0.1, 0.15) is 85.0 Å². The molecule has 0 aliphatic heterocycles. The minimum absolute atomic E-state index is 0.0146. The van der Waals surface area contributed by atoms with Crippen molar-refractivity contribution in [2.45, 2.75) is 65.2 Å². The molecule has 3 rings (SSSR count). The maximum absolute atomic E-state index is 14.9. The van der Waals surface area contributed by atoms with Crippen LogP contribution in [0.15, 0.2) is 54.6 Å². The predicted molar refractivity (Wildman–Crippen MR) is 139 cm³/mol.